The fourth-order valence-corrected chi connectivity index (χ4v) is 2.75. The van der Waals surface area contributed by atoms with Crippen LogP contribution in [0.3, 0.4) is 0 Å². The SMILES string of the molecule is Cc1ccc([C@]2(C)NC(=O)N(Cc3ccc(Br)cc3)C2=O)o1. The van der Waals surface area contributed by atoms with Gasteiger partial charge in [0.2, 0.25) is 0 Å². The average Bonchev–Trinajstić information content (AvgIpc) is 3.00. The van der Waals surface area contributed by atoms with E-state index in [2.05, 4.69) is 21.2 Å². The maximum Gasteiger partial charge on any atom is 0.325 e. The third kappa shape index (κ3) is 2.43. The summed E-state index contributed by atoms with van der Waals surface area (Å²) in [6, 6.07) is 10.6. The predicted octanol–water partition coefficient (Wildman–Crippen LogP) is 3.32. The second-order valence-electron chi connectivity index (χ2n) is 5.48. The fourth-order valence-electron chi connectivity index (χ4n) is 2.48. The smallest absolute Gasteiger partial charge is 0.325 e. The van der Waals surface area contributed by atoms with Gasteiger partial charge in [0.1, 0.15) is 11.5 Å². The number of nitrogens with zero attached hydrogens (tertiary/aromatic N) is 1. The first kappa shape index (κ1) is 14.8. The fraction of sp³-hybridized carbons (Fsp3) is 0.250. The molecule has 3 rings (SSSR count). The molecule has 0 aliphatic carbocycles. The Hall–Kier alpha value is -2.08. The van der Waals surface area contributed by atoms with Gasteiger partial charge >= 0.3 is 6.03 Å². The third-order valence-electron chi connectivity index (χ3n) is 3.76. The van der Waals surface area contributed by atoms with Gasteiger partial charge in [0, 0.05) is 4.47 Å². The zero-order valence-electron chi connectivity index (χ0n) is 12.2. The van der Waals surface area contributed by atoms with Crippen LogP contribution in [0.15, 0.2) is 45.3 Å². The van der Waals surface area contributed by atoms with Crippen LogP contribution in [-0.2, 0) is 16.9 Å². The first-order chi connectivity index (χ1) is 10.4. The average molecular weight is 363 g/mol. The minimum Gasteiger partial charge on any atom is -0.463 e. The highest BCUT2D eigenvalue weighted by Gasteiger charge is 2.50. The molecule has 1 fully saturated rings. The Balaban J connectivity index is 1.86. The molecule has 3 amide bonds. The number of hydrogen-bond acceptors (Lipinski definition) is 3. The molecule has 6 heteroatoms. The standard InChI is InChI=1S/C16H15BrN2O3/c1-10-3-8-13(22-10)16(2)14(20)19(15(21)18-16)9-11-4-6-12(17)7-5-11/h3-8H,9H2,1-2H3,(H,18,21)/t16-/m0/s1. The van der Waals surface area contributed by atoms with E-state index in [0.29, 0.717) is 11.5 Å². The van der Waals surface area contributed by atoms with Crippen molar-refractivity contribution in [2.24, 2.45) is 0 Å². The summed E-state index contributed by atoms with van der Waals surface area (Å²) in [7, 11) is 0. The highest BCUT2D eigenvalue weighted by Crippen LogP contribution is 2.31. The van der Waals surface area contributed by atoms with Gasteiger partial charge in [-0.15, -0.1) is 0 Å². The minimum atomic E-state index is -1.15. The van der Waals surface area contributed by atoms with Crippen molar-refractivity contribution in [2.75, 3.05) is 0 Å². The Morgan fingerprint density at radius 1 is 1.18 bits per heavy atom. The largest absolute Gasteiger partial charge is 0.463 e. The zero-order chi connectivity index (χ0) is 15.9. The van der Waals surface area contributed by atoms with Crippen molar-refractivity contribution < 1.29 is 14.0 Å². The number of nitrogens with one attached hydrogen (secondary N) is 1. The number of halogens is 1. The molecule has 114 valence electrons. The van der Waals surface area contributed by atoms with Crippen molar-refractivity contribution in [1.82, 2.24) is 10.2 Å². The number of hydrogen-bond donors (Lipinski definition) is 1. The van der Waals surface area contributed by atoms with Gasteiger partial charge in [0.05, 0.1) is 6.54 Å². The van der Waals surface area contributed by atoms with E-state index >= 15 is 0 Å². The molecule has 0 radical (unpaired) electrons. The number of carbonyl (C=O) groups excluding carboxylic acids is 2. The van der Waals surface area contributed by atoms with E-state index in [4.69, 9.17) is 4.42 Å². The van der Waals surface area contributed by atoms with Gasteiger partial charge in [-0.1, -0.05) is 28.1 Å². The summed E-state index contributed by atoms with van der Waals surface area (Å²) in [5.74, 6) is 0.834. The topological polar surface area (TPSA) is 62.6 Å². The van der Waals surface area contributed by atoms with Crippen molar-refractivity contribution in [2.45, 2.75) is 25.9 Å². The second kappa shape index (κ2) is 5.28. The molecule has 1 aliphatic rings. The lowest BCUT2D eigenvalue weighted by molar-refractivity contribution is -0.132. The van der Waals surface area contributed by atoms with Gasteiger partial charge in [-0.05, 0) is 43.7 Å². The lowest BCUT2D eigenvalue weighted by atomic mass is 9.99. The molecule has 1 aliphatic heterocycles. The van der Waals surface area contributed by atoms with Gasteiger partial charge in [-0.25, -0.2) is 4.79 Å². The molecule has 2 heterocycles. The molecule has 1 aromatic heterocycles. The van der Waals surface area contributed by atoms with E-state index in [-0.39, 0.29) is 12.5 Å². The lowest BCUT2D eigenvalue weighted by Gasteiger charge is -2.19. The zero-order valence-corrected chi connectivity index (χ0v) is 13.8. The van der Waals surface area contributed by atoms with Gasteiger partial charge in [-0.2, -0.15) is 0 Å². The number of urea groups is 1. The molecule has 1 N–H and O–H groups in total. The molecule has 0 bridgehead atoms. The van der Waals surface area contributed by atoms with Crippen molar-refractivity contribution in [3.8, 4) is 0 Å². The number of amides is 3. The van der Waals surface area contributed by atoms with E-state index in [1.165, 1.54) is 4.90 Å². The Bertz CT molecular complexity index is 738. The molecule has 2 aromatic rings. The minimum absolute atomic E-state index is 0.229. The highest BCUT2D eigenvalue weighted by atomic mass is 79.9. The number of benzene rings is 1. The molecular weight excluding hydrogens is 348 g/mol. The van der Waals surface area contributed by atoms with Crippen molar-refractivity contribution in [1.29, 1.82) is 0 Å². The number of rotatable bonds is 3. The number of imide groups is 1. The molecule has 0 unspecified atom stereocenters. The van der Waals surface area contributed by atoms with Gasteiger partial charge in [0.25, 0.3) is 5.91 Å². The summed E-state index contributed by atoms with van der Waals surface area (Å²) < 4.78 is 6.48. The predicted molar refractivity (Wildman–Crippen MR) is 84.0 cm³/mol. The normalized spacial score (nSPS) is 21.3. The Labute approximate surface area is 136 Å². The van der Waals surface area contributed by atoms with Crippen molar-refractivity contribution in [3.63, 3.8) is 0 Å². The summed E-state index contributed by atoms with van der Waals surface area (Å²) >= 11 is 3.36. The van der Waals surface area contributed by atoms with Crippen LogP contribution in [0.4, 0.5) is 4.79 Å². The molecule has 1 atom stereocenters. The Morgan fingerprint density at radius 3 is 2.45 bits per heavy atom. The van der Waals surface area contributed by atoms with Gasteiger partial charge < -0.3 is 9.73 Å². The van der Waals surface area contributed by atoms with E-state index in [9.17, 15) is 9.59 Å². The molecule has 1 saturated heterocycles. The maximum atomic E-state index is 12.7. The summed E-state index contributed by atoms with van der Waals surface area (Å²) in [6.45, 7) is 3.69. The van der Waals surface area contributed by atoms with Crippen LogP contribution in [0.25, 0.3) is 0 Å². The van der Waals surface area contributed by atoms with Gasteiger partial charge in [0.15, 0.2) is 5.54 Å². The third-order valence-corrected chi connectivity index (χ3v) is 4.29. The lowest BCUT2D eigenvalue weighted by Crippen LogP contribution is -2.40. The van der Waals surface area contributed by atoms with Crippen LogP contribution in [0.1, 0.15) is 24.0 Å². The van der Waals surface area contributed by atoms with Crippen molar-refractivity contribution >= 4 is 27.9 Å². The number of carbonyl (C=O) groups is 2. The highest BCUT2D eigenvalue weighted by molar-refractivity contribution is 9.10. The van der Waals surface area contributed by atoms with Crippen LogP contribution in [-0.4, -0.2) is 16.8 Å². The Kier molecular flexibility index (Phi) is 3.56. The summed E-state index contributed by atoms with van der Waals surface area (Å²) in [5.41, 5.74) is -0.271. The quantitative estimate of drug-likeness (QED) is 0.851. The van der Waals surface area contributed by atoms with Crippen LogP contribution in [0.5, 0.6) is 0 Å². The van der Waals surface area contributed by atoms with Crippen LogP contribution < -0.4 is 5.32 Å². The first-order valence-corrected chi connectivity index (χ1v) is 7.65. The maximum absolute atomic E-state index is 12.7. The molecular formula is C16H15BrN2O3. The summed E-state index contributed by atoms with van der Waals surface area (Å²) in [6.07, 6.45) is 0. The summed E-state index contributed by atoms with van der Waals surface area (Å²) in [5, 5.41) is 2.73. The molecule has 0 saturated carbocycles. The first-order valence-electron chi connectivity index (χ1n) is 6.85. The molecule has 5 nitrogen and oxygen atoms in total. The molecule has 0 spiro atoms. The van der Waals surface area contributed by atoms with Crippen LogP contribution in [0.2, 0.25) is 0 Å². The molecule has 22 heavy (non-hydrogen) atoms. The van der Waals surface area contributed by atoms with E-state index in [1.807, 2.05) is 24.3 Å². The van der Waals surface area contributed by atoms with E-state index < -0.39 is 11.6 Å². The van der Waals surface area contributed by atoms with E-state index in [0.717, 1.165) is 10.0 Å². The molecule has 1 aromatic carbocycles. The summed E-state index contributed by atoms with van der Waals surface area (Å²) in [4.78, 5) is 26.1. The second-order valence-corrected chi connectivity index (χ2v) is 6.40. The Morgan fingerprint density at radius 2 is 1.86 bits per heavy atom. The van der Waals surface area contributed by atoms with Gasteiger partial charge in [-0.3, -0.25) is 9.69 Å². The van der Waals surface area contributed by atoms with E-state index in [1.54, 1.807) is 26.0 Å². The monoisotopic (exact) mass is 362 g/mol. The van der Waals surface area contributed by atoms with Crippen molar-refractivity contribution in [3.05, 3.63) is 58.0 Å². The van der Waals surface area contributed by atoms with Crippen LogP contribution in [0, 0.1) is 6.92 Å². The number of aryl methyl sites for hydroxylation is 1. The number of furan rings is 1. The van der Waals surface area contributed by atoms with Crippen LogP contribution >= 0.6 is 15.9 Å².